The predicted octanol–water partition coefficient (Wildman–Crippen LogP) is 2.97. The number of guanidine groups is 1. The predicted molar refractivity (Wildman–Crippen MR) is 118 cm³/mol. The molecule has 5 nitrogen and oxygen atoms in total. The Hall–Kier alpha value is -1.07. The quantitative estimate of drug-likeness (QED) is 0.373. The van der Waals surface area contributed by atoms with Gasteiger partial charge in [-0.05, 0) is 31.7 Å². The first kappa shape index (κ1) is 25.0. The summed E-state index contributed by atoms with van der Waals surface area (Å²) in [4.78, 5) is 11.0. The first-order valence-corrected chi connectivity index (χ1v) is 9.21. The van der Waals surface area contributed by atoms with Gasteiger partial charge in [0.25, 0.3) is 0 Å². The molecule has 1 heterocycles. The Morgan fingerprint density at radius 1 is 1.18 bits per heavy atom. The molecule has 0 aromatic heterocycles. The monoisotopic (exact) mass is 513 g/mol. The molecule has 1 N–H and O–H groups in total. The van der Waals surface area contributed by atoms with Crippen molar-refractivity contribution >= 4 is 29.9 Å². The maximum absolute atomic E-state index is 12.7. The summed E-state index contributed by atoms with van der Waals surface area (Å²) in [6.45, 7) is 7.72. The number of nitrogens with one attached hydrogen (secondary N) is 1. The van der Waals surface area contributed by atoms with Gasteiger partial charge >= 0.3 is 6.18 Å². The van der Waals surface area contributed by atoms with E-state index in [1.165, 1.54) is 12.1 Å². The van der Waals surface area contributed by atoms with Gasteiger partial charge in [0.05, 0.1) is 5.56 Å². The average Bonchev–Trinajstić information content (AvgIpc) is 2.62. The zero-order chi connectivity index (χ0) is 20.0. The molecule has 0 bridgehead atoms. The average molecular weight is 513 g/mol. The number of aliphatic imine (C=N–C) groups is 1. The van der Waals surface area contributed by atoms with Gasteiger partial charge < -0.3 is 15.1 Å². The normalized spacial score (nSPS) is 17.8. The Morgan fingerprint density at radius 3 is 2.25 bits per heavy atom. The molecule has 0 spiro atoms. The van der Waals surface area contributed by atoms with Crippen LogP contribution >= 0.6 is 24.0 Å². The summed E-state index contributed by atoms with van der Waals surface area (Å²) >= 11 is 0. The summed E-state index contributed by atoms with van der Waals surface area (Å²) in [5, 5.41) is 3.37. The highest BCUT2D eigenvalue weighted by Gasteiger charge is 2.30. The van der Waals surface area contributed by atoms with Crippen LogP contribution < -0.4 is 5.32 Å². The second-order valence-corrected chi connectivity index (χ2v) is 7.17. The Morgan fingerprint density at radius 2 is 1.75 bits per heavy atom. The van der Waals surface area contributed by atoms with Crippen LogP contribution in [0.3, 0.4) is 0 Å². The number of piperazine rings is 1. The molecule has 0 aliphatic carbocycles. The van der Waals surface area contributed by atoms with Gasteiger partial charge in [0.15, 0.2) is 5.96 Å². The minimum Gasteiger partial charge on any atom is -0.355 e. The second-order valence-electron chi connectivity index (χ2n) is 7.17. The third kappa shape index (κ3) is 7.40. The van der Waals surface area contributed by atoms with Gasteiger partial charge in [0, 0.05) is 59.4 Å². The molecule has 1 fully saturated rings. The minimum absolute atomic E-state index is 0. The zero-order valence-electron chi connectivity index (χ0n) is 17.0. The summed E-state index contributed by atoms with van der Waals surface area (Å²) in [5.74, 6) is 0.732. The van der Waals surface area contributed by atoms with Gasteiger partial charge in [0.1, 0.15) is 0 Å². The van der Waals surface area contributed by atoms with Gasteiger partial charge in [-0.15, -0.1) is 24.0 Å². The molecule has 1 unspecified atom stereocenters. The largest absolute Gasteiger partial charge is 0.416 e. The molecular formula is C19H31F3IN5. The second kappa shape index (κ2) is 11.2. The highest BCUT2D eigenvalue weighted by Crippen LogP contribution is 2.29. The number of benzene rings is 1. The summed E-state index contributed by atoms with van der Waals surface area (Å²) in [5.41, 5.74) is 0.179. The number of halogens is 4. The van der Waals surface area contributed by atoms with Crippen LogP contribution in [0.1, 0.15) is 18.1 Å². The first-order chi connectivity index (χ1) is 12.7. The van der Waals surface area contributed by atoms with Gasteiger partial charge in [-0.1, -0.05) is 12.1 Å². The molecule has 1 aromatic carbocycles. The summed E-state index contributed by atoms with van der Waals surface area (Å²) in [6, 6.07) is 5.65. The van der Waals surface area contributed by atoms with E-state index in [0.717, 1.165) is 56.4 Å². The van der Waals surface area contributed by atoms with Gasteiger partial charge in [-0.25, -0.2) is 0 Å². The summed E-state index contributed by atoms with van der Waals surface area (Å²) in [7, 11) is 5.73. The molecule has 0 saturated carbocycles. The number of likely N-dealkylation sites (N-methyl/N-ethyl adjacent to an activating group) is 1. The van der Waals surface area contributed by atoms with Crippen LogP contribution in [0.2, 0.25) is 0 Å². The van der Waals surface area contributed by atoms with Crippen LogP contribution in [0.4, 0.5) is 13.2 Å². The SMILES string of the molecule is CN=C(NCC(C)N1CCN(C)CC1)N(C)Cc1ccc(C(F)(F)F)cc1.I. The van der Waals surface area contributed by atoms with E-state index in [-0.39, 0.29) is 24.0 Å². The molecule has 9 heteroatoms. The van der Waals surface area contributed by atoms with Crippen molar-refractivity contribution < 1.29 is 13.2 Å². The molecular weight excluding hydrogens is 482 g/mol. The van der Waals surface area contributed by atoms with Crippen molar-refractivity contribution in [2.24, 2.45) is 4.99 Å². The lowest BCUT2D eigenvalue weighted by atomic mass is 10.1. The van der Waals surface area contributed by atoms with Crippen LogP contribution in [-0.2, 0) is 12.7 Å². The lowest BCUT2D eigenvalue weighted by Crippen LogP contribution is -2.52. The first-order valence-electron chi connectivity index (χ1n) is 9.21. The van der Waals surface area contributed by atoms with E-state index in [1.807, 2.05) is 11.9 Å². The van der Waals surface area contributed by atoms with E-state index in [2.05, 4.69) is 34.1 Å². The zero-order valence-corrected chi connectivity index (χ0v) is 19.3. The van der Waals surface area contributed by atoms with E-state index in [0.29, 0.717) is 12.6 Å². The van der Waals surface area contributed by atoms with Crippen LogP contribution in [-0.4, -0.2) is 80.6 Å². The fraction of sp³-hybridized carbons (Fsp3) is 0.632. The molecule has 0 amide bonds. The Balaban J connectivity index is 0.00000392. The van der Waals surface area contributed by atoms with Crippen molar-refractivity contribution in [2.75, 3.05) is 53.9 Å². The van der Waals surface area contributed by atoms with Crippen LogP contribution in [0.25, 0.3) is 0 Å². The molecule has 1 aromatic rings. The molecule has 1 aliphatic rings. The molecule has 1 atom stereocenters. The highest BCUT2D eigenvalue weighted by molar-refractivity contribution is 14.0. The molecule has 2 rings (SSSR count). The number of alkyl halides is 3. The Labute approximate surface area is 183 Å². The van der Waals surface area contributed by atoms with Crippen molar-refractivity contribution in [3.05, 3.63) is 35.4 Å². The fourth-order valence-corrected chi connectivity index (χ4v) is 3.16. The van der Waals surface area contributed by atoms with E-state index in [1.54, 1.807) is 7.05 Å². The summed E-state index contributed by atoms with van der Waals surface area (Å²) < 4.78 is 38.0. The van der Waals surface area contributed by atoms with Gasteiger partial charge in [-0.3, -0.25) is 9.89 Å². The molecule has 28 heavy (non-hydrogen) atoms. The maximum Gasteiger partial charge on any atom is 0.416 e. The Kier molecular flexibility index (Phi) is 9.99. The maximum atomic E-state index is 12.7. The van der Waals surface area contributed by atoms with Crippen LogP contribution in [0.15, 0.2) is 29.3 Å². The number of hydrogen-bond acceptors (Lipinski definition) is 3. The molecule has 160 valence electrons. The van der Waals surface area contributed by atoms with Crippen molar-refractivity contribution in [1.82, 2.24) is 20.0 Å². The highest BCUT2D eigenvalue weighted by atomic mass is 127. The number of hydrogen-bond donors (Lipinski definition) is 1. The minimum atomic E-state index is -4.30. The third-order valence-corrected chi connectivity index (χ3v) is 4.99. The molecule has 1 aliphatic heterocycles. The summed E-state index contributed by atoms with van der Waals surface area (Å²) in [6.07, 6.45) is -4.30. The lowest BCUT2D eigenvalue weighted by Gasteiger charge is -2.37. The fourth-order valence-electron chi connectivity index (χ4n) is 3.16. The number of nitrogens with zero attached hydrogens (tertiary/aromatic N) is 4. The van der Waals surface area contributed by atoms with E-state index < -0.39 is 11.7 Å². The van der Waals surface area contributed by atoms with Gasteiger partial charge in [0.2, 0.25) is 0 Å². The smallest absolute Gasteiger partial charge is 0.355 e. The third-order valence-electron chi connectivity index (χ3n) is 4.99. The molecule has 1 saturated heterocycles. The Bertz CT molecular complexity index is 613. The topological polar surface area (TPSA) is 34.1 Å². The van der Waals surface area contributed by atoms with E-state index in [9.17, 15) is 13.2 Å². The standard InChI is InChI=1S/C19H30F3N5.HI/c1-15(27-11-9-25(3)10-12-27)13-24-18(23-2)26(4)14-16-5-7-17(8-6-16)19(20,21)22;/h5-8,15H,9-14H2,1-4H3,(H,23,24);1H. The van der Waals surface area contributed by atoms with E-state index in [4.69, 9.17) is 0 Å². The number of rotatable bonds is 5. The molecule has 0 radical (unpaired) electrons. The van der Waals surface area contributed by atoms with Crippen LogP contribution in [0, 0.1) is 0 Å². The van der Waals surface area contributed by atoms with Gasteiger partial charge in [-0.2, -0.15) is 13.2 Å². The van der Waals surface area contributed by atoms with Crippen molar-refractivity contribution in [3.63, 3.8) is 0 Å². The van der Waals surface area contributed by atoms with Crippen LogP contribution in [0.5, 0.6) is 0 Å². The van der Waals surface area contributed by atoms with Crippen molar-refractivity contribution in [1.29, 1.82) is 0 Å². The lowest BCUT2D eigenvalue weighted by molar-refractivity contribution is -0.137. The van der Waals surface area contributed by atoms with Crippen molar-refractivity contribution in [2.45, 2.75) is 25.7 Å². The van der Waals surface area contributed by atoms with E-state index >= 15 is 0 Å². The van der Waals surface area contributed by atoms with Crippen molar-refractivity contribution in [3.8, 4) is 0 Å².